The first-order chi connectivity index (χ1) is 10.4. The fourth-order valence-electron chi connectivity index (χ4n) is 2.83. The van der Waals surface area contributed by atoms with E-state index in [9.17, 15) is 9.59 Å². The van der Waals surface area contributed by atoms with Crippen LogP contribution < -0.4 is 0 Å². The molecule has 0 saturated carbocycles. The zero-order chi connectivity index (χ0) is 16.2. The van der Waals surface area contributed by atoms with Crippen LogP contribution in [0.2, 0.25) is 0 Å². The van der Waals surface area contributed by atoms with Gasteiger partial charge in [0.2, 0.25) is 0 Å². The minimum absolute atomic E-state index is 0.257. The summed E-state index contributed by atoms with van der Waals surface area (Å²) in [5.41, 5.74) is 2.95. The quantitative estimate of drug-likeness (QED) is 0.754. The van der Waals surface area contributed by atoms with Gasteiger partial charge < -0.3 is 14.2 Å². The van der Waals surface area contributed by atoms with Gasteiger partial charge in [-0.05, 0) is 49.8 Å². The highest BCUT2D eigenvalue weighted by molar-refractivity contribution is 5.73. The molecule has 22 heavy (non-hydrogen) atoms. The summed E-state index contributed by atoms with van der Waals surface area (Å²) < 4.78 is 15.0. The largest absolute Gasteiger partial charge is 0.467 e. The second kappa shape index (κ2) is 6.92. The summed E-state index contributed by atoms with van der Waals surface area (Å²) in [6.07, 6.45) is 3.24. The maximum Gasteiger partial charge on any atom is 0.332 e. The Bertz CT molecular complexity index is 562. The zero-order valence-corrected chi connectivity index (χ0v) is 13.3. The molecule has 5 nitrogen and oxygen atoms in total. The Morgan fingerprint density at radius 1 is 1.14 bits per heavy atom. The minimum Gasteiger partial charge on any atom is -0.467 e. The SMILES string of the molecule is COC(=O)COCC(=O)OC(C)(C)c1cccc2c1CCC2. The molecule has 0 saturated heterocycles. The summed E-state index contributed by atoms with van der Waals surface area (Å²) in [5, 5.41) is 0. The van der Waals surface area contributed by atoms with Crippen LogP contribution in [0.4, 0.5) is 0 Å². The molecule has 0 radical (unpaired) electrons. The molecular weight excluding hydrogens is 284 g/mol. The lowest BCUT2D eigenvalue weighted by atomic mass is 9.91. The molecule has 0 bridgehead atoms. The molecule has 0 amide bonds. The molecule has 0 heterocycles. The highest BCUT2D eigenvalue weighted by atomic mass is 16.6. The van der Waals surface area contributed by atoms with Crippen LogP contribution in [0.25, 0.3) is 0 Å². The molecule has 120 valence electrons. The van der Waals surface area contributed by atoms with Gasteiger partial charge in [0.25, 0.3) is 0 Å². The lowest BCUT2D eigenvalue weighted by Crippen LogP contribution is -2.29. The molecule has 0 spiro atoms. The number of fused-ring (bicyclic) bond motifs is 1. The van der Waals surface area contributed by atoms with E-state index in [0.29, 0.717) is 0 Å². The van der Waals surface area contributed by atoms with Crippen molar-refractivity contribution >= 4 is 11.9 Å². The van der Waals surface area contributed by atoms with E-state index < -0.39 is 17.5 Å². The monoisotopic (exact) mass is 306 g/mol. The van der Waals surface area contributed by atoms with Crippen molar-refractivity contribution in [3.63, 3.8) is 0 Å². The number of aryl methyl sites for hydroxylation is 1. The number of ether oxygens (including phenoxy) is 3. The predicted octanol–water partition coefficient (Wildman–Crippen LogP) is 2.14. The lowest BCUT2D eigenvalue weighted by molar-refractivity contribution is -0.164. The van der Waals surface area contributed by atoms with Crippen LogP contribution in [-0.4, -0.2) is 32.3 Å². The molecule has 5 heteroatoms. The zero-order valence-electron chi connectivity index (χ0n) is 13.3. The standard InChI is InChI=1S/C17H22O5/c1-17(2,22-16(19)11-21-10-15(18)20-3)14-9-5-7-12-6-4-8-13(12)14/h5,7,9H,4,6,8,10-11H2,1-3H3. The summed E-state index contributed by atoms with van der Waals surface area (Å²) in [6.45, 7) is 3.22. The maximum absolute atomic E-state index is 11.9. The third kappa shape index (κ3) is 3.85. The third-order valence-corrected chi connectivity index (χ3v) is 3.83. The van der Waals surface area contributed by atoms with Crippen molar-refractivity contribution in [2.24, 2.45) is 0 Å². The second-order valence-corrected chi connectivity index (χ2v) is 5.85. The number of hydrogen-bond acceptors (Lipinski definition) is 5. The molecule has 0 aliphatic heterocycles. The van der Waals surface area contributed by atoms with Crippen molar-refractivity contribution in [1.29, 1.82) is 0 Å². The van der Waals surface area contributed by atoms with E-state index in [1.165, 1.54) is 18.2 Å². The Hall–Kier alpha value is -1.88. The fraction of sp³-hybridized carbons (Fsp3) is 0.529. The Morgan fingerprint density at radius 3 is 2.59 bits per heavy atom. The summed E-state index contributed by atoms with van der Waals surface area (Å²) in [6, 6.07) is 6.14. The first-order valence-electron chi connectivity index (χ1n) is 7.41. The predicted molar refractivity (Wildman–Crippen MR) is 80.4 cm³/mol. The number of rotatable bonds is 6. The highest BCUT2D eigenvalue weighted by Gasteiger charge is 2.30. The van der Waals surface area contributed by atoms with Crippen molar-refractivity contribution in [3.8, 4) is 0 Å². The second-order valence-electron chi connectivity index (χ2n) is 5.85. The Morgan fingerprint density at radius 2 is 1.86 bits per heavy atom. The average Bonchev–Trinajstić information content (AvgIpc) is 2.94. The van der Waals surface area contributed by atoms with E-state index in [4.69, 9.17) is 9.47 Å². The van der Waals surface area contributed by atoms with Crippen LogP contribution in [-0.2, 0) is 42.2 Å². The van der Waals surface area contributed by atoms with Gasteiger partial charge in [-0.15, -0.1) is 0 Å². The molecule has 1 aliphatic carbocycles. The molecule has 0 aromatic heterocycles. The van der Waals surface area contributed by atoms with E-state index in [-0.39, 0.29) is 13.2 Å². The van der Waals surface area contributed by atoms with E-state index in [2.05, 4.69) is 10.8 Å². The molecular formula is C17H22O5. The third-order valence-electron chi connectivity index (χ3n) is 3.83. The fourth-order valence-corrected chi connectivity index (χ4v) is 2.83. The number of methoxy groups -OCH3 is 1. The minimum atomic E-state index is -0.721. The van der Waals surface area contributed by atoms with Gasteiger partial charge in [0.05, 0.1) is 7.11 Å². The van der Waals surface area contributed by atoms with Gasteiger partial charge in [0.15, 0.2) is 0 Å². The lowest BCUT2D eigenvalue weighted by Gasteiger charge is -2.28. The summed E-state index contributed by atoms with van der Waals surface area (Å²) >= 11 is 0. The molecule has 0 N–H and O–H groups in total. The summed E-state index contributed by atoms with van der Waals surface area (Å²) in [4.78, 5) is 22.8. The summed E-state index contributed by atoms with van der Waals surface area (Å²) in [7, 11) is 1.27. The average molecular weight is 306 g/mol. The first-order valence-corrected chi connectivity index (χ1v) is 7.41. The van der Waals surface area contributed by atoms with Gasteiger partial charge in [0, 0.05) is 0 Å². The molecule has 0 fully saturated rings. The topological polar surface area (TPSA) is 61.8 Å². The molecule has 2 rings (SSSR count). The van der Waals surface area contributed by atoms with Crippen molar-refractivity contribution < 1.29 is 23.8 Å². The maximum atomic E-state index is 11.9. The van der Waals surface area contributed by atoms with Crippen LogP contribution in [0.3, 0.4) is 0 Å². The molecule has 0 atom stereocenters. The summed E-state index contributed by atoms with van der Waals surface area (Å²) in [5.74, 6) is -1.02. The van der Waals surface area contributed by atoms with Crippen LogP contribution in [0.5, 0.6) is 0 Å². The van der Waals surface area contributed by atoms with E-state index in [0.717, 1.165) is 24.8 Å². The van der Waals surface area contributed by atoms with Crippen LogP contribution in [0.15, 0.2) is 18.2 Å². The van der Waals surface area contributed by atoms with Gasteiger partial charge in [0.1, 0.15) is 18.8 Å². The van der Waals surface area contributed by atoms with Crippen LogP contribution in [0.1, 0.15) is 37.0 Å². The Labute approximate surface area is 130 Å². The highest BCUT2D eigenvalue weighted by Crippen LogP contribution is 2.34. The van der Waals surface area contributed by atoms with Crippen molar-refractivity contribution in [2.75, 3.05) is 20.3 Å². The first kappa shape index (κ1) is 16.5. The van der Waals surface area contributed by atoms with Crippen molar-refractivity contribution in [1.82, 2.24) is 0 Å². The number of carbonyl (C=O) groups excluding carboxylic acids is 2. The van der Waals surface area contributed by atoms with Gasteiger partial charge in [-0.1, -0.05) is 18.2 Å². The van der Waals surface area contributed by atoms with Gasteiger partial charge in [-0.25, -0.2) is 9.59 Å². The van der Waals surface area contributed by atoms with Crippen LogP contribution >= 0.6 is 0 Å². The van der Waals surface area contributed by atoms with Gasteiger partial charge >= 0.3 is 11.9 Å². The van der Waals surface area contributed by atoms with Crippen molar-refractivity contribution in [3.05, 3.63) is 34.9 Å². The molecule has 1 aliphatic rings. The molecule has 0 unspecified atom stereocenters. The van der Waals surface area contributed by atoms with E-state index >= 15 is 0 Å². The number of esters is 2. The normalized spacial score (nSPS) is 13.6. The van der Waals surface area contributed by atoms with Gasteiger partial charge in [-0.2, -0.15) is 0 Å². The van der Waals surface area contributed by atoms with Crippen LogP contribution in [0, 0.1) is 0 Å². The van der Waals surface area contributed by atoms with Crippen molar-refractivity contribution in [2.45, 2.75) is 38.7 Å². The number of carbonyl (C=O) groups is 2. The van der Waals surface area contributed by atoms with Gasteiger partial charge in [-0.3, -0.25) is 0 Å². The number of benzene rings is 1. The number of hydrogen-bond donors (Lipinski definition) is 0. The Kier molecular flexibility index (Phi) is 5.19. The van der Waals surface area contributed by atoms with E-state index in [1.807, 2.05) is 26.0 Å². The molecule has 1 aromatic rings. The smallest absolute Gasteiger partial charge is 0.332 e. The Balaban J connectivity index is 1.98. The van der Waals surface area contributed by atoms with E-state index in [1.54, 1.807) is 0 Å². The molecule has 1 aromatic carbocycles.